The maximum Gasteiger partial charge on any atom is 0.451 e. The predicted molar refractivity (Wildman–Crippen MR) is 111 cm³/mol. The smallest absolute Gasteiger partial charge is 0.429 e. The van der Waals surface area contributed by atoms with Gasteiger partial charge in [0.1, 0.15) is 40.1 Å². The van der Waals surface area contributed by atoms with Crippen LogP contribution in [0.1, 0.15) is 43.7 Å². The zero-order valence-electron chi connectivity index (χ0n) is 19.7. The molecule has 212 valence electrons. The Morgan fingerprint density at radius 3 is 1.89 bits per heavy atom. The summed E-state index contributed by atoms with van der Waals surface area (Å²) in [7, 11) is 0. The molecule has 0 aliphatic carbocycles. The van der Waals surface area contributed by atoms with Crippen molar-refractivity contribution in [2.75, 3.05) is 13.2 Å². The highest BCUT2D eigenvalue weighted by Crippen LogP contribution is 2.39. The Morgan fingerprint density at radius 1 is 0.789 bits per heavy atom. The number of benzene rings is 2. The SMILES string of the molecule is CCCCCC1COC(C(F)(F)Oc2ccc(C(F)(F)Oc3cc(F)c(C(F)(F)F)c(F)c3)c(F)c2)OC1. The molecule has 2 aromatic carbocycles. The lowest BCUT2D eigenvalue weighted by Crippen LogP contribution is -2.47. The Balaban J connectivity index is 1.68. The lowest BCUT2D eigenvalue weighted by molar-refractivity contribution is -0.352. The van der Waals surface area contributed by atoms with Crippen LogP contribution >= 0.6 is 0 Å². The van der Waals surface area contributed by atoms with Crippen molar-refractivity contribution in [1.29, 1.82) is 0 Å². The minimum absolute atomic E-state index is 0.0324. The van der Waals surface area contributed by atoms with Crippen molar-refractivity contribution < 1.29 is 62.9 Å². The molecule has 3 rings (SSSR count). The quantitative estimate of drug-likeness (QED) is 0.218. The summed E-state index contributed by atoms with van der Waals surface area (Å²) in [6.45, 7) is 1.94. The maximum absolute atomic E-state index is 14.5. The highest BCUT2D eigenvalue weighted by molar-refractivity contribution is 5.35. The van der Waals surface area contributed by atoms with E-state index in [-0.39, 0.29) is 37.3 Å². The first kappa shape index (κ1) is 29.8. The van der Waals surface area contributed by atoms with E-state index in [0.29, 0.717) is 18.6 Å². The molecule has 0 bridgehead atoms. The van der Waals surface area contributed by atoms with E-state index in [1.807, 2.05) is 6.92 Å². The molecule has 1 aliphatic heterocycles. The maximum atomic E-state index is 14.5. The molecule has 0 unspecified atom stereocenters. The zero-order valence-corrected chi connectivity index (χ0v) is 19.7. The Hall–Kier alpha value is -2.74. The van der Waals surface area contributed by atoms with Crippen LogP contribution in [0.5, 0.6) is 11.5 Å². The summed E-state index contributed by atoms with van der Waals surface area (Å²) in [4.78, 5) is 0. The summed E-state index contributed by atoms with van der Waals surface area (Å²) in [6, 6.07) is 0.686. The Labute approximate surface area is 210 Å². The van der Waals surface area contributed by atoms with Crippen LogP contribution in [0.15, 0.2) is 30.3 Å². The number of ether oxygens (including phenoxy) is 4. The topological polar surface area (TPSA) is 36.9 Å². The van der Waals surface area contributed by atoms with Crippen molar-refractivity contribution in [2.24, 2.45) is 5.92 Å². The third-order valence-electron chi connectivity index (χ3n) is 5.51. The molecular weight excluding hydrogens is 542 g/mol. The summed E-state index contributed by atoms with van der Waals surface area (Å²) >= 11 is 0. The van der Waals surface area contributed by atoms with E-state index in [9.17, 15) is 43.9 Å². The van der Waals surface area contributed by atoms with Crippen LogP contribution in [0.4, 0.5) is 43.9 Å². The van der Waals surface area contributed by atoms with Crippen molar-refractivity contribution in [1.82, 2.24) is 0 Å². The van der Waals surface area contributed by atoms with Gasteiger partial charge in [-0.2, -0.15) is 30.7 Å². The van der Waals surface area contributed by atoms with E-state index < -0.39 is 64.8 Å². The second-order valence-electron chi connectivity index (χ2n) is 8.54. The summed E-state index contributed by atoms with van der Waals surface area (Å²) in [5, 5.41) is 0. The molecule has 1 heterocycles. The van der Waals surface area contributed by atoms with Gasteiger partial charge in [0, 0.05) is 24.1 Å². The van der Waals surface area contributed by atoms with Gasteiger partial charge in [-0.15, -0.1) is 0 Å². The van der Waals surface area contributed by atoms with Gasteiger partial charge in [-0.05, 0) is 18.6 Å². The minimum Gasteiger partial charge on any atom is -0.429 e. The average Bonchev–Trinajstić information content (AvgIpc) is 2.77. The summed E-state index contributed by atoms with van der Waals surface area (Å²) in [6.07, 6.45) is -12.9. The molecule has 1 aliphatic rings. The number of unbranched alkanes of at least 4 members (excludes halogenated alkanes) is 2. The Morgan fingerprint density at radius 2 is 1.37 bits per heavy atom. The highest BCUT2D eigenvalue weighted by Gasteiger charge is 2.48. The van der Waals surface area contributed by atoms with Crippen LogP contribution in [0, 0.1) is 23.4 Å². The monoisotopic (exact) mass is 564 g/mol. The summed E-state index contributed by atoms with van der Waals surface area (Å²) in [5.41, 5.74) is -3.91. The number of hydrogen-bond donors (Lipinski definition) is 0. The Bertz CT molecular complexity index is 1080. The van der Waals surface area contributed by atoms with Crippen LogP contribution in [0.3, 0.4) is 0 Å². The Kier molecular flexibility index (Phi) is 9.07. The van der Waals surface area contributed by atoms with Gasteiger partial charge in [0.25, 0.3) is 6.29 Å². The van der Waals surface area contributed by atoms with Crippen LogP contribution in [0.2, 0.25) is 0 Å². The lowest BCUT2D eigenvalue weighted by Gasteiger charge is -2.33. The van der Waals surface area contributed by atoms with Crippen LogP contribution in [0.25, 0.3) is 0 Å². The second kappa shape index (κ2) is 11.6. The number of alkyl halides is 7. The van der Waals surface area contributed by atoms with Gasteiger partial charge in [-0.25, -0.2) is 13.2 Å². The third kappa shape index (κ3) is 7.22. The van der Waals surface area contributed by atoms with E-state index in [0.717, 1.165) is 19.3 Å². The molecule has 0 atom stereocenters. The second-order valence-corrected chi connectivity index (χ2v) is 8.54. The van der Waals surface area contributed by atoms with Crippen molar-refractivity contribution >= 4 is 0 Å². The first-order chi connectivity index (χ1) is 17.6. The van der Waals surface area contributed by atoms with E-state index >= 15 is 0 Å². The van der Waals surface area contributed by atoms with Gasteiger partial charge in [0.2, 0.25) is 0 Å². The number of rotatable bonds is 10. The average molecular weight is 564 g/mol. The third-order valence-corrected chi connectivity index (χ3v) is 5.51. The standard InChI is InChI=1S/C24H22F10O4/c1-2-3-4-5-13-11-35-21(36-12-13)24(33,34)37-14-6-7-16(17(25)8-14)23(31,32)38-15-9-18(26)20(19(27)10-15)22(28,29)30/h6-10,13,21H,2-5,11-12H2,1H3. The predicted octanol–water partition coefficient (Wildman–Crippen LogP) is 7.79. The number of hydrogen-bond acceptors (Lipinski definition) is 4. The van der Waals surface area contributed by atoms with Gasteiger partial charge < -0.3 is 18.9 Å². The molecule has 0 radical (unpaired) electrons. The largest absolute Gasteiger partial charge is 0.451 e. The molecule has 0 saturated carbocycles. The fourth-order valence-electron chi connectivity index (χ4n) is 3.67. The normalized spacial score (nSPS) is 18.9. The first-order valence-corrected chi connectivity index (χ1v) is 11.4. The summed E-state index contributed by atoms with van der Waals surface area (Å²) in [5.74, 6) is -8.68. The number of halogens is 10. The van der Waals surface area contributed by atoms with Crippen molar-refractivity contribution in [3.05, 3.63) is 58.9 Å². The van der Waals surface area contributed by atoms with E-state index in [4.69, 9.17) is 9.47 Å². The molecule has 0 spiro atoms. The molecule has 14 heteroatoms. The molecule has 38 heavy (non-hydrogen) atoms. The fraction of sp³-hybridized carbons (Fsp3) is 0.500. The fourth-order valence-corrected chi connectivity index (χ4v) is 3.67. The lowest BCUT2D eigenvalue weighted by atomic mass is 10.0. The van der Waals surface area contributed by atoms with Crippen LogP contribution < -0.4 is 9.47 Å². The molecule has 1 saturated heterocycles. The molecule has 2 aromatic rings. The molecule has 0 amide bonds. The van der Waals surface area contributed by atoms with Gasteiger partial charge >= 0.3 is 18.4 Å². The molecule has 1 fully saturated rings. The van der Waals surface area contributed by atoms with Gasteiger partial charge in [-0.3, -0.25) is 0 Å². The summed E-state index contributed by atoms with van der Waals surface area (Å²) < 4.78 is 156. The van der Waals surface area contributed by atoms with Crippen molar-refractivity contribution in [3.8, 4) is 11.5 Å². The van der Waals surface area contributed by atoms with Crippen LogP contribution in [-0.2, 0) is 21.8 Å². The minimum atomic E-state index is -5.46. The van der Waals surface area contributed by atoms with Gasteiger partial charge in [0.05, 0.1) is 13.2 Å². The van der Waals surface area contributed by atoms with Gasteiger partial charge in [0.15, 0.2) is 0 Å². The zero-order chi connectivity index (χ0) is 28.3. The van der Waals surface area contributed by atoms with E-state index in [1.54, 1.807) is 0 Å². The first-order valence-electron chi connectivity index (χ1n) is 11.4. The van der Waals surface area contributed by atoms with Crippen molar-refractivity contribution in [2.45, 2.75) is 57.3 Å². The molecule has 0 N–H and O–H groups in total. The van der Waals surface area contributed by atoms with E-state index in [1.165, 1.54) is 0 Å². The van der Waals surface area contributed by atoms with Crippen molar-refractivity contribution in [3.63, 3.8) is 0 Å². The van der Waals surface area contributed by atoms with Gasteiger partial charge in [-0.1, -0.05) is 26.2 Å². The van der Waals surface area contributed by atoms with E-state index in [2.05, 4.69) is 9.47 Å². The molecular formula is C24H22F10O4. The highest BCUT2D eigenvalue weighted by atomic mass is 19.4. The molecule has 4 nitrogen and oxygen atoms in total. The molecule has 0 aromatic heterocycles. The van der Waals surface area contributed by atoms with Crippen LogP contribution in [-0.4, -0.2) is 25.6 Å².